The van der Waals surface area contributed by atoms with E-state index in [-0.39, 0.29) is 4.90 Å². The maximum atomic E-state index is 12.1. The van der Waals surface area contributed by atoms with Crippen LogP contribution in [0.3, 0.4) is 0 Å². The Balaban J connectivity index is 2.66. The molecule has 2 rings (SSSR count). The Morgan fingerprint density at radius 2 is 1.72 bits per heavy atom. The topological polar surface area (TPSA) is 79.2 Å². The van der Waals surface area contributed by atoms with Crippen molar-refractivity contribution >= 4 is 10.0 Å². The molecule has 0 radical (unpaired) electrons. The van der Waals surface area contributed by atoms with Crippen LogP contribution in [0, 0.1) is 6.92 Å². The van der Waals surface area contributed by atoms with Crippen molar-refractivity contribution in [2.45, 2.75) is 11.8 Å². The fraction of sp³-hybridized carbons (Fsp3) is 0.0833. The van der Waals surface area contributed by atoms with Gasteiger partial charge in [-0.25, -0.2) is 12.4 Å². The van der Waals surface area contributed by atoms with Crippen LogP contribution in [-0.2, 0) is 10.0 Å². The summed E-state index contributed by atoms with van der Waals surface area (Å²) < 4.78 is 24.7. The SMILES string of the molecule is Cc1ccc(S(=O)(=O)n2cccc([O-])c2=O)cc1. The maximum absolute atomic E-state index is 12.1. The molecule has 0 amide bonds. The summed E-state index contributed by atoms with van der Waals surface area (Å²) in [6.07, 6.45) is 1.07. The zero-order chi connectivity index (χ0) is 13.3. The summed E-state index contributed by atoms with van der Waals surface area (Å²) in [5.41, 5.74) is -0.169. The maximum Gasteiger partial charge on any atom is 0.270 e. The van der Waals surface area contributed by atoms with E-state index in [0.29, 0.717) is 3.97 Å². The molecule has 2 aromatic rings. The molecule has 0 fully saturated rings. The van der Waals surface area contributed by atoms with Gasteiger partial charge in [0.2, 0.25) is 0 Å². The predicted molar refractivity (Wildman–Crippen MR) is 63.9 cm³/mol. The highest BCUT2D eigenvalue weighted by Gasteiger charge is 2.17. The fourth-order valence-electron chi connectivity index (χ4n) is 1.47. The number of aromatic nitrogens is 1. The van der Waals surface area contributed by atoms with E-state index in [2.05, 4.69) is 0 Å². The number of benzene rings is 1. The van der Waals surface area contributed by atoms with Gasteiger partial charge in [0.15, 0.2) is 0 Å². The molecular formula is C12H10NO4S-. The molecule has 6 heteroatoms. The van der Waals surface area contributed by atoms with Crippen LogP contribution in [0.2, 0.25) is 0 Å². The van der Waals surface area contributed by atoms with Gasteiger partial charge in [0.05, 0.1) is 4.90 Å². The van der Waals surface area contributed by atoms with Crippen molar-refractivity contribution in [1.82, 2.24) is 3.97 Å². The summed E-state index contributed by atoms with van der Waals surface area (Å²) in [7, 11) is -4.00. The molecule has 18 heavy (non-hydrogen) atoms. The minimum Gasteiger partial charge on any atom is -0.869 e. The van der Waals surface area contributed by atoms with Gasteiger partial charge >= 0.3 is 0 Å². The van der Waals surface area contributed by atoms with Crippen molar-refractivity contribution in [3.8, 4) is 5.75 Å². The van der Waals surface area contributed by atoms with Crippen LogP contribution in [-0.4, -0.2) is 12.4 Å². The van der Waals surface area contributed by atoms with Gasteiger partial charge in [-0.05, 0) is 30.9 Å². The van der Waals surface area contributed by atoms with Gasteiger partial charge in [-0.1, -0.05) is 23.8 Å². The Hall–Kier alpha value is -2.08. The van der Waals surface area contributed by atoms with Crippen molar-refractivity contribution in [2.75, 3.05) is 0 Å². The highest BCUT2D eigenvalue weighted by Crippen LogP contribution is 2.13. The molecule has 94 valence electrons. The fourth-order valence-corrected chi connectivity index (χ4v) is 2.72. The first kappa shape index (κ1) is 12.4. The van der Waals surface area contributed by atoms with Crippen molar-refractivity contribution < 1.29 is 13.5 Å². The largest absolute Gasteiger partial charge is 0.869 e. The van der Waals surface area contributed by atoms with E-state index in [9.17, 15) is 18.3 Å². The molecular weight excluding hydrogens is 254 g/mol. The molecule has 0 atom stereocenters. The third kappa shape index (κ3) is 2.02. The molecule has 0 N–H and O–H groups in total. The highest BCUT2D eigenvalue weighted by atomic mass is 32.2. The molecule has 0 spiro atoms. The Labute approximate surface area is 104 Å². The highest BCUT2D eigenvalue weighted by molar-refractivity contribution is 7.90. The van der Waals surface area contributed by atoms with Gasteiger partial charge in [0.1, 0.15) is 0 Å². The van der Waals surface area contributed by atoms with E-state index >= 15 is 0 Å². The van der Waals surface area contributed by atoms with E-state index in [4.69, 9.17) is 0 Å². The monoisotopic (exact) mass is 264 g/mol. The average molecular weight is 264 g/mol. The zero-order valence-electron chi connectivity index (χ0n) is 9.53. The number of nitrogens with zero attached hydrogens (tertiary/aromatic N) is 1. The lowest BCUT2D eigenvalue weighted by atomic mass is 10.2. The number of hydrogen-bond acceptors (Lipinski definition) is 4. The minimum absolute atomic E-state index is 0.0270. The first-order valence-electron chi connectivity index (χ1n) is 5.14. The molecule has 1 heterocycles. The third-order valence-corrected chi connectivity index (χ3v) is 4.13. The Morgan fingerprint density at radius 1 is 1.11 bits per heavy atom. The Bertz CT molecular complexity index is 729. The minimum atomic E-state index is -4.00. The standard InChI is InChI=1S/C12H11NO4S/c1-9-4-6-10(7-5-9)18(16,17)13-8-2-3-11(14)12(13)15/h2-8,14H,1H3/p-1. The Morgan fingerprint density at radius 3 is 2.33 bits per heavy atom. The van der Waals surface area contributed by atoms with Gasteiger partial charge in [0.25, 0.3) is 15.6 Å². The molecule has 0 bridgehead atoms. The van der Waals surface area contributed by atoms with Gasteiger partial charge < -0.3 is 5.11 Å². The van der Waals surface area contributed by atoms with E-state index in [1.165, 1.54) is 18.2 Å². The van der Waals surface area contributed by atoms with Crippen LogP contribution < -0.4 is 10.7 Å². The zero-order valence-corrected chi connectivity index (χ0v) is 10.3. The number of pyridine rings is 1. The van der Waals surface area contributed by atoms with Crippen LogP contribution in [0.15, 0.2) is 52.3 Å². The molecule has 0 saturated heterocycles. The van der Waals surface area contributed by atoms with Crippen molar-refractivity contribution in [2.24, 2.45) is 0 Å². The van der Waals surface area contributed by atoms with E-state index in [1.54, 1.807) is 12.1 Å². The molecule has 0 aliphatic carbocycles. The lowest BCUT2D eigenvalue weighted by Gasteiger charge is -2.11. The molecule has 0 aliphatic rings. The first-order valence-corrected chi connectivity index (χ1v) is 6.58. The van der Waals surface area contributed by atoms with E-state index in [0.717, 1.165) is 17.8 Å². The molecule has 0 aliphatic heterocycles. The molecule has 0 unspecified atom stereocenters. The van der Waals surface area contributed by atoms with Gasteiger partial charge in [-0.2, -0.15) is 0 Å². The van der Waals surface area contributed by atoms with Crippen LogP contribution >= 0.6 is 0 Å². The average Bonchev–Trinajstić information content (AvgIpc) is 2.33. The second-order valence-corrected chi connectivity index (χ2v) is 5.61. The van der Waals surface area contributed by atoms with Crippen molar-refractivity contribution in [3.05, 3.63) is 58.5 Å². The van der Waals surface area contributed by atoms with Crippen LogP contribution in [0.4, 0.5) is 0 Å². The summed E-state index contributed by atoms with van der Waals surface area (Å²) in [6, 6.07) is 8.31. The second kappa shape index (κ2) is 4.30. The second-order valence-electron chi connectivity index (χ2n) is 3.79. The normalized spacial score (nSPS) is 11.4. The van der Waals surface area contributed by atoms with Crippen LogP contribution in [0.1, 0.15) is 5.56 Å². The summed E-state index contributed by atoms with van der Waals surface area (Å²) in [4.78, 5) is 11.5. The van der Waals surface area contributed by atoms with Crippen molar-refractivity contribution in [1.29, 1.82) is 0 Å². The summed E-state index contributed by atoms with van der Waals surface area (Å²) in [5, 5.41) is 11.2. The number of rotatable bonds is 2. The molecule has 1 aromatic heterocycles. The quantitative estimate of drug-likeness (QED) is 0.789. The van der Waals surface area contributed by atoms with Gasteiger partial charge in [-0.3, -0.25) is 4.79 Å². The predicted octanol–water partition coefficient (Wildman–Crippen LogP) is 0.467. The number of hydrogen-bond donors (Lipinski definition) is 0. The third-order valence-electron chi connectivity index (χ3n) is 2.46. The number of aryl methyl sites for hydroxylation is 1. The molecule has 1 aromatic carbocycles. The summed E-state index contributed by atoms with van der Waals surface area (Å²) >= 11 is 0. The Kier molecular flexibility index (Phi) is 2.96. The molecule has 5 nitrogen and oxygen atoms in total. The summed E-state index contributed by atoms with van der Waals surface area (Å²) in [5.74, 6) is -0.854. The molecule has 0 saturated carbocycles. The van der Waals surface area contributed by atoms with E-state index in [1.807, 2.05) is 6.92 Å². The van der Waals surface area contributed by atoms with Gasteiger partial charge in [-0.15, -0.1) is 0 Å². The lowest BCUT2D eigenvalue weighted by Crippen LogP contribution is -2.28. The van der Waals surface area contributed by atoms with Crippen molar-refractivity contribution in [3.63, 3.8) is 0 Å². The first-order chi connectivity index (χ1) is 8.43. The van der Waals surface area contributed by atoms with Gasteiger partial charge in [0, 0.05) is 6.20 Å². The smallest absolute Gasteiger partial charge is 0.270 e. The van der Waals surface area contributed by atoms with Crippen LogP contribution in [0.25, 0.3) is 0 Å². The summed E-state index contributed by atoms with van der Waals surface area (Å²) in [6.45, 7) is 1.82. The lowest BCUT2D eigenvalue weighted by molar-refractivity contribution is -0.270. The van der Waals surface area contributed by atoms with E-state index < -0.39 is 21.3 Å². The van der Waals surface area contributed by atoms with Crippen LogP contribution in [0.5, 0.6) is 5.75 Å².